The summed E-state index contributed by atoms with van der Waals surface area (Å²) in [6.07, 6.45) is 0.905. The zero-order valence-electron chi connectivity index (χ0n) is 14.0. The van der Waals surface area contributed by atoms with Crippen molar-refractivity contribution in [1.82, 2.24) is 14.9 Å². The standard InChI is InChI=1S/C15H23N5O4S/c1-2-17-15(21)20-8-4-5-10(20)9-24-12-7-3-6-11-13(12)14(16)19-25(22,23)18-11/h3,6-7,10,14,18-19H,2,4-5,8-9,16H2,1H3,(H,17,21)/t10-,14?/m0/s1. The van der Waals surface area contributed by atoms with Gasteiger partial charge in [-0.25, -0.2) is 4.79 Å². The van der Waals surface area contributed by atoms with Gasteiger partial charge in [0.15, 0.2) is 0 Å². The third-order valence-corrected chi connectivity index (χ3v) is 5.35. The van der Waals surface area contributed by atoms with E-state index < -0.39 is 16.4 Å². The predicted molar refractivity (Wildman–Crippen MR) is 93.3 cm³/mol. The van der Waals surface area contributed by atoms with Crippen LogP contribution in [0.4, 0.5) is 10.5 Å². The SMILES string of the molecule is CCNC(=O)N1CCC[C@H]1COc1cccc2c1C(N)NS(=O)(=O)N2. The highest BCUT2D eigenvalue weighted by atomic mass is 32.2. The molecule has 2 heterocycles. The Morgan fingerprint density at radius 3 is 3.04 bits per heavy atom. The van der Waals surface area contributed by atoms with E-state index in [1.54, 1.807) is 23.1 Å². The molecule has 1 unspecified atom stereocenters. The average Bonchev–Trinajstić information content (AvgIpc) is 3.00. The van der Waals surface area contributed by atoms with Gasteiger partial charge in [-0.2, -0.15) is 13.1 Å². The second kappa shape index (κ2) is 7.06. The number of nitrogens with two attached hydrogens (primary N) is 1. The molecule has 1 aromatic carbocycles. The van der Waals surface area contributed by atoms with Crippen molar-refractivity contribution in [3.63, 3.8) is 0 Å². The lowest BCUT2D eigenvalue weighted by molar-refractivity contribution is 0.165. The summed E-state index contributed by atoms with van der Waals surface area (Å²) >= 11 is 0. The number of nitrogens with one attached hydrogen (secondary N) is 3. The highest BCUT2D eigenvalue weighted by Gasteiger charge is 2.31. The number of rotatable bonds is 4. The molecule has 2 amide bonds. The molecule has 0 spiro atoms. The molecule has 0 bridgehead atoms. The van der Waals surface area contributed by atoms with Crippen LogP contribution in [-0.2, 0) is 10.2 Å². The minimum atomic E-state index is -3.66. The highest BCUT2D eigenvalue weighted by molar-refractivity contribution is 7.90. The first-order chi connectivity index (χ1) is 11.9. The number of benzene rings is 1. The molecule has 2 aliphatic rings. The van der Waals surface area contributed by atoms with E-state index in [1.165, 1.54) is 0 Å². The van der Waals surface area contributed by atoms with Crippen molar-refractivity contribution in [2.24, 2.45) is 5.73 Å². The van der Waals surface area contributed by atoms with Crippen molar-refractivity contribution in [2.45, 2.75) is 32.0 Å². The summed E-state index contributed by atoms with van der Waals surface area (Å²) < 4.78 is 34.0. The molecule has 0 saturated carbocycles. The molecule has 0 aliphatic carbocycles. The van der Waals surface area contributed by atoms with Gasteiger partial charge in [0.05, 0.1) is 17.3 Å². The smallest absolute Gasteiger partial charge is 0.317 e. The summed E-state index contributed by atoms with van der Waals surface area (Å²) in [6, 6.07) is 4.97. The van der Waals surface area contributed by atoms with Crippen LogP contribution in [-0.4, -0.2) is 45.1 Å². The molecule has 138 valence electrons. The lowest BCUT2D eigenvalue weighted by Gasteiger charge is -2.28. The molecule has 3 rings (SSSR count). The maximum absolute atomic E-state index is 12.1. The van der Waals surface area contributed by atoms with Gasteiger partial charge in [-0.3, -0.25) is 4.72 Å². The number of hydrogen-bond donors (Lipinski definition) is 4. The number of carbonyl (C=O) groups excluding carboxylic acids is 1. The van der Waals surface area contributed by atoms with Gasteiger partial charge >= 0.3 is 16.2 Å². The fourth-order valence-electron chi connectivity index (χ4n) is 3.20. The summed E-state index contributed by atoms with van der Waals surface area (Å²) in [5, 5.41) is 2.81. The Bertz CT molecular complexity index is 754. The Balaban J connectivity index is 1.73. The lowest BCUT2D eigenvalue weighted by Crippen LogP contribution is -2.45. The van der Waals surface area contributed by atoms with Gasteiger partial charge in [-0.05, 0) is 31.9 Å². The first kappa shape index (κ1) is 17.8. The summed E-state index contributed by atoms with van der Waals surface area (Å²) in [5.74, 6) is 0.502. The molecule has 2 atom stereocenters. The molecule has 0 radical (unpaired) electrons. The number of ether oxygens (including phenoxy) is 1. The number of likely N-dealkylation sites (tertiary alicyclic amines) is 1. The molecule has 10 heteroatoms. The molecular weight excluding hydrogens is 346 g/mol. The van der Waals surface area contributed by atoms with E-state index in [-0.39, 0.29) is 12.1 Å². The predicted octanol–water partition coefficient (Wildman–Crippen LogP) is 0.477. The van der Waals surface area contributed by atoms with Crippen LogP contribution in [0.1, 0.15) is 31.5 Å². The summed E-state index contributed by atoms with van der Waals surface area (Å²) in [4.78, 5) is 13.9. The molecule has 5 N–H and O–H groups in total. The number of fused-ring (bicyclic) bond motifs is 1. The zero-order chi connectivity index (χ0) is 18.0. The second-order valence-electron chi connectivity index (χ2n) is 6.05. The van der Waals surface area contributed by atoms with Gasteiger partial charge in [0.25, 0.3) is 0 Å². The molecule has 1 fully saturated rings. The topological polar surface area (TPSA) is 126 Å². The summed E-state index contributed by atoms with van der Waals surface area (Å²) in [5.41, 5.74) is 6.89. The molecule has 9 nitrogen and oxygen atoms in total. The largest absolute Gasteiger partial charge is 0.491 e. The average molecular weight is 369 g/mol. The van der Waals surface area contributed by atoms with Crippen LogP contribution < -0.4 is 25.2 Å². The van der Waals surface area contributed by atoms with Crippen molar-refractivity contribution in [3.8, 4) is 5.75 Å². The number of amides is 2. The Labute approximate surface area is 147 Å². The van der Waals surface area contributed by atoms with E-state index in [2.05, 4.69) is 14.8 Å². The second-order valence-corrected chi connectivity index (χ2v) is 7.50. The van der Waals surface area contributed by atoms with Crippen molar-refractivity contribution in [1.29, 1.82) is 0 Å². The fourth-order valence-corrected chi connectivity index (χ4v) is 4.17. The molecule has 2 aliphatic heterocycles. The minimum absolute atomic E-state index is 0.0214. The number of urea groups is 1. The molecule has 25 heavy (non-hydrogen) atoms. The first-order valence-electron chi connectivity index (χ1n) is 8.27. The Morgan fingerprint density at radius 2 is 2.28 bits per heavy atom. The maximum Gasteiger partial charge on any atom is 0.317 e. The van der Waals surface area contributed by atoms with E-state index in [0.717, 1.165) is 12.8 Å². The van der Waals surface area contributed by atoms with Crippen molar-refractivity contribution >= 4 is 21.9 Å². The highest BCUT2D eigenvalue weighted by Crippen LogP contribution is 2.34. The van der Waals surface area contributed by atoms with E-state index in [0.29, 0.717) is 36.7 Å². The van der Waals surface area contributed by atoms with E-state index in [9.17, 15) is 13.2 Å². The molecule has 1 saturated heterocycles. The van der Waals surface area contributed by atoms with Gasteiger partial charge in [-0.15, -0.1) is 0 Å². The van der Waals surface area contributed by atoms with E-state index in [1.807, 2.05) is 6.92 Å². The van der Waals surface area contributed by atoms with Crippen LogP contribution in [0.15, 0.2) is 18.2 Å². The normalized spacial score (nSPS) is 24.3. The number of anilines is 1. The summed E-state index contributed by atoms with van der Waals surface area (Å²) in [7, 11) is -3.66. The van der Waals surface area contributed by atoms with Crippen LogP contribution in [0.5, 0.6) is 5.75 Å². The molecule has 1 aromatic rings. The number of carbonyl (C=O) groups is 1. The fraction of sp³-hybridized carbons (Fsp3) is 0.533. The Morgan fingerprint density at radius 1 is 1.48 bits per heavy atom. The van der Waals surface area contributed by atoms with Gasteiger partial charge in [0.2, 0.25) is 0 Å². The first-order valence-corrected chi connectivity index (χ1v) is 9.75. The lowest BCUT2D eigenvalue weighted by atomic mass is 10.1. The molecule has 0 aromatic heterocycles. The van der Waals surface area contributed by atoms with Gasteiger partial charge in [-0.1, -0.05) is 6.07 Å². The van der Waals surface area contributed by atoms with Crippen LogP contribution in [0.2, 0.25) is 0 Å². The van der Waals surface area contributed by atoms with E-state index >= 15 is 0 Å². The van der Waals surface area contributed by atoms with Crippen LogP contribution in [0.25, 0.3) is 0 Å². The summed E-state index contributed by atoms with van der Waals surface area (Å²) in [6.45, 7) is 3.49. The monoisotopic (exact) mass is 369 g/mol. The van der Waals surface area contributed by atoms with E-state index in [4.69, 9.17) is 10.5 Å². The third kappa shape index (κ3) is 3.80. The zero-order valence-corrected chi connectivity index (χ0v) is 14.8. The minimum Gasteiger partial charge on any atom is -0.491 e. The number of hydrogen-bond acceptors (Lipinski definition) is 5. The van der Waals surface area contributed by atoms with Crippen molar-refractivity contribution < 1.29 is 17.9 Å². The van der Waals surface area contributed by atoms with Gasteiger partial charge in [0.1, 0.15) is 18.5 Å². The van der Waals surface area contributed by atoms with Crippen molar-refractivity contribution in [2.75, 3.05) is 24.4 Å². The Hall–Kier alpha value is -2.04. The maximum atomic E-state index is 12.1. The van der Waals surface area contributed by atoms with Crippen LogP contribution in [0, 0.1) is 0 Å². The Kier molecular flexibility index (Phi) is 5.02. The van der Waals surface area contributed by atoms with Gasteiger partial charge in [0, 0.05) is 13.1 Å². The molecular formula is C15H23N5O4S. The van der Waals surface area contributed by atoms with Crippen LogP contribution in [0.3, 0.4) is 0 Å². The number of nitrogens with zero attached hydrogens (tertiary/aromatic N) is 1. The van der Waals surface area contributed by atoms with Crippen molar-refractivity contribution in [3.05, 3.63) is 23.8 Å². The quantitative estimate of drug-likeness (QED) is 0.614. The van der Waals surface area contributed by atoms with Crippen LogP contribution >= 0.6 is 0 Å². The third-order valence-electron chi connectivity index (χ3n) is 4.30. The van der Waals surface area contributed by atoms with Gasteiger partial charge < -0.3 is 20.7 Å².